The number of nitriles is 1. The summed E-state index contributed by atoms with van der Waals surface area (Å²) in [6.07, 6.45) is 9.57. The van der Waals surface area contributed by atoms with Crippen LogP contribution < -0.4 is 10.2 Å². The average Bonchev–Trinajstić information content (AvgIpc) is 3.27. The van der Waals surface area contributed by atoms with Crippen molar-refractivity contribution in [2.24, 2.45) is 11.8 Å². The summed E-state index contributed by atoms with van der Waals surface area (Å²) in [5.41, 5.74) is 3.10. The summed E-state index contributed by atoms with van der Waals surface area (Å²) < 4.78 is 5.11. The first kappa shape index (κ1) is 16.6. The van der Waals surface area contributed by atoms with Gasteiger partial charge in [-0.15, -0.1) is 0 Å². The quantitative estimate of drug-likeness (QED) is 0.920. The summed E-state index contributed by atoms with van der Waals surface area (Å²) >= 11 is 0. The molecule has 4 rings (SSSR count). The molecule has 0 aromatic carbocycles. The first-order chi connectivity index (χ1) is 12.7. The SMILES string of the molecule is Cc1cocc1C(=O)NC1CCC2CN(c3ccncc3C#N)CC2C1. The van der Waals surface area contributed by atoms with Gasteiger partial charge in [0.1, 0.15) is 12.3 Å². The minimum absolute atomic E-state index is 0.0459. The summed E-state index contributed by atoms with van der Waals surface area (Å²) in [5.74, 6) is 1.12. The van der Waals surface area contributed by atoms with E-state index in [0.29, 0.717) is 23.0 Å². The van der Waals surface area contributed by atoms with Crippen LogP contribution in [0.15, 0.2) is 35.4 Å². The smallest absolute Gasteiger partial charge is 0.255 e. The van der Waals surface area contributed by atoms with Gasteiger partial charge in [-0.2, -0.15) is 5.26 Å². The van der Waals surface area contributed by atoms with Gasteiger partial charge >= 0.3 is 0 Å². The van der Waals surface area contributed by atoms with Crippen LogP contribution in [0.1, 0.15) is 40.7 Å². The van der Waals surface area contributed by atoms with Crippen LogP contribution in [0.25, 0.3) is 0 Å². The molecule has 3 heterocycles. The summed E-state index contributed by atoms with van der Waals surface area (Å²) in [5, 5.41) is 12.5. The highest BCUT2D eigenvalue weighted by atomic mass is 16.3. The van der Waals surface area contributed by atoms with Crippen LogP contribution in [0.3, 0.4) is 0 Å². The van der Waals surface area contributed by atoms with Gasteiger partial charge in [0.25, 0.3) is 5.91 Å². The van der Waals surface area contributed by atoms with Crippen LogP contribution in [0.4, 0.5) is 5.69 Å². The third-order valence-electron chi connectivity index (χ3n) is 5.74. The Kier molecular flexibility index (Phi) is 4.37. The zero-order chi connectivity index (χ0) is 18.1. The number of nitrogens with zero attached hydrogens (tertiary/aromatic N) is 3. The van der Waals surface area contributed by atoms with E-state index in [0.717, 1.165) is 43.6 Å². The molecule has 0 bridgehead atoms. The molecule has 0 spiro atoms. The number of hydrogen-bond donors (Lipinski definition) is 1. The van der Waals surface area contributed by atoms with Gasteiger partial charge in [0, 0.05) is 31.5 Å². The highest BCUT2D eigenvalue weighted by Crippen LogP contribution is 2.39. The van der Waals surface area contributed by atoms with E-state index in [2.05, 4.69) is 21.3 Å². The van der Waals surface area contributed by atoms with E-state index in [1.54, 1.807) is 18.7 Å². The molecule has 1 saturated carbocycles. The number of furan rings is 1. The molecule has 0 radical (unpaired) electrons. The number of hydrogen-bond acceptors (Lipinski definition) is 5. The zero-order valence-electron chi connectivity index (χ0n) is 14.8. The van der Waals surface area contributed by atoms with E-state index in [-0.39, 0.29) is 11.9 Å². The van der Waals surface area contributed by atoms with Gasteiger partial charge in [0.2, 0.25) is 0 Å². The molecule has 26 heavy (non-hydrogen) atoms. The van der Waals surface area contributed by atoms with Crippen molar-refractivity contribution in [2.45, 2.75) is 32.2 Å². The molecule has 1 aliphatic carbocycles. The van der Waals surface area contributed by atoms with Crippen molar-refractivity contribution in [3.8, 4) is 6.07 Å². The number of anilines is 1. The Morgan fingerprint density at radius 1 is 1.35 bits per heavy atom. The number of rotatable bonds is 3. The molecule has 2 fully saturated rings. The third-order valence-corrected chi connectivity index (χ3v) is 5.74. The molecule has 2 aliphatic rings. The summed E-state index contributed by atoms with van der Waals surface area (Å²) in [6, 6.07) is 4.37. The van der Waals surface area contributed by atoms with Crippen LogP contribution in [0, 0.1) is 30.1 Å². The minimum atomic E-state index is -0.0459. The lowest BCUT2D eigenvalue weighted by molar-refractivity contribution is 0.0912. The van der Waals surface area contributed by atoms with E-state index in [1.807, 2.05) is 13.0 Å². The van der Waals surface area contributed by atoms with Gasteiger partial charge in [-0.1, -0.05) is 0 Å². The van der Waals surface area contributed by atoms with Gasteiger partial charge < -0.3 is 14.6 Å². The molecule has 1 aliphatic heterocycles. The Hall–Kier alpha value is -2.81. The largest absolute Gasteiger partial charge is 0.471 e. The Morgan fingerprint density at radius 3 is 2.96 bits per heavy atom. The molecule has 3 atom stereocenters. The van der Waals surface area contributed by atoms with Crippen LogP contribution in [-0.2, 0) is 0 Å². The van der Waals surface area contributed by atoms with Crippen LogP contribution >= 0.6 is 0 Å². The zero-order valence-corrected chi connectivity index (χ0v) is 14.8. The van der Waals surface area contributed by atoms with Gasteiger partial charge in [-0.3, -0.25) is 9.78 Å². The Morgan fingerprint density at radius 2 is 2.19 bits per heavy atom. The third kappa shape index (κ3) is 3.05. The van der Waals surface area contributed by atoms with Gasteiger partial charge in [0.05, 0.1) is 23.1 Å². The monoisotopic (exact) mass is 350 g/mol. The lowest BCUT2D eigenvalue weighted by Gasteiger charge is -2.31. The second kappa shape index (κ2) is 6.83. The maximum Gasteiger partial charge on any atom is 0.255 e. The van der Waals surface area contributed by atoms with Crippen molar-refractivity contribution in [1.29, 1.82) is 5.26 Å². The molecule has 1 N–H and O–H groups in total. The first-order valence-corrected chi connectivity index (χ1v) is 9.08. The summed E-state index contributed by atoms with van der Waals surface area (Å²) in [4.78, 5) is 18.8. The lowest BCUT2D eigenvalue weighted by atomic mass is 9.79. The summed E-state index contributed by atoms with van der Waals surface area (Å²) in [7, 11) is 0. The van der Waals surface area contributed by atoms with Gasteiger partial charge in [-0.25, -0.2) is 0 Å². The van der Waals surface area contributed by atoms with E-state index < -0.39 is 0 Å². The van der Waals surface area contributed by atoms with Crippen LogP contribution in [0.5, 0.6) is 0 Å². The highest BCUT2D eigenvalue weighted by Gasteiger charge is 2.38. The second-order valence-corrected chi connectivity index (χ2v) is 7.38. The predicted molar refractivity (Wildman–Crippen MR) is 96.7 cm³/mol. The van der Waals surface area contributed by atoms with E-state index >= 15 is 0 Å². The van der Waals surface area contributed by atoms with Crippen molar-refractivity contribution >= 4 is 11.6 Å². The van der Waals surface area contributed by atoms with Crippen LogP contribution in [-0.4, -0.2) is 30.0 Å². The number of carbonyl (C=O) groups is 1. The number of aromatic nitrogens is 1. The molecule has 2 aromatic rings. The fourth-order valence-electron chi connectivity index (χ4n) is 4.36. The maximum absolute atomic E-state index is 12.4. The number of pyridine rings is 1. The molecule has 6 nitrogen and oxygen atoms in total. The second-order valence-electron chi connectivity index (χ2n) is 7.38. The molecule has 6 heteroatoms. The van der Waals surface area contributed by atoms with Crippen molar-refractivity contribution in [3.05, 3.63) is 47.7 Å². The molecule has 134 valence electrons. The number of carbonyl (C=O) groups excluding carboxylic acids is 1. The Labute approximate surface area is 152 Å². The van der Waals surface area contributed by atoms with Gasteiger partial charge in [-0.05, 0) is 49.7 Å². The van der Waals surface area contributed by atoms with E-state index in [9.17, 15) is 10.1 Å². The molecular weight excluding hydrogens is 328 g/mol. The number of nitrogens with one attached hydrogen (secondary N) is 1. The topological polar surface area (TPSA) is 82.2 Å². The van der Waals surface area contributed by atoms with E-state index in [1.165, 1.54) is 6.26 Å². The van der Waals surface area contributed by atoms with Crippen molar-refractivity contribution < 1.29 is 9.21 Å². The Bertz CT molecular complexity index is 853. The van der Waals surface area contributed by atoms with Crippen molar-refractivity contribution in [2.75, 3.05) is 18.0 Å². The maximum atomic E-state index is 12.4. The molecule has 3 unspecified atom stereocenters. The lowest BCUT2D eigenvalue weighted by Crippen LogP contribution is -2.40. The fraction of sp³-hybridized carbons (Fsp3) is 0.450. The number of aryl methyl sites for hydroxylation is 1. The van der Waals surface area contributed by atoms with Crippen LogP contribution in [0.2, 0.25) is 0 Å². The number of fused-ring (bicyclic) bond motifs is 1. The molecule has 1 amide bonds. The predicted octanol–water partition coefficient (Wildman–Crippen LogP) is 2.89. The Balaban J connectivity index is 1.41. The first-order valence-electron chi connectivity index (χ1n) is 9.08. The van der Waals surface area contributed by atoms with E-state index in [4.69, 9.17) is 4.42 Å². The normalized spacial score (nSPS) is 24.8. The standard InChI is InChI=1S/C20H22N4O2/c1-13-11-26-12-18(13)20(25)23-17-3-2-14-9-24(10-15(14)6-17)19-4-5-22-8-16(19)7-21/h4-5,8,11-12,14-15,17H,2-3,6,9-10H2,1H3,(H,23,25). The summed E-state index contributed by atoms with van der Waals surface area (Å²) in [6.45, 7) is 3.79. The average molecular weight is 350 g/mol. The molecule has 2 aromatic heterocycles. The minimum Gasteiger partial charge on any atom is -0.471 e. The fourth-order valence-corrected chi connectivity index (χ4v) is 4.36. The van der Waals surface area contributed by atoms with Gasteiger partial charge in [0.15, 0.2) is 0 Å². The molecule has 1 saturated heterocycles. The van der Waals surface area contributed by atoms with Crippen molar-refractivity contribution in [3.63, 3.8) is 0 Å². The number of amides is 1. The highest BCUT2D eigenvalue weighted by molar-refractivity contribution is 5.95. The van der Waals surface area contributed by atoms with Crippen molar-refractivity contribution in [1.82, 2.24) is 10.3 Å². The molecular formula is C20H22N4O2.